The standard InChI is InChI=1S/C23H18N6O2/c1-15-24-22(27-26-15)16-7-5-8-17(13-16)25-23(30)20-14-19(21-11-6-12-31-21)28-29(20)18-9-3-2-4-10-18/h2-14H,1H3,(H,25,30)(H,24,26,27). The second-order valence-corrected chi connectivity index (χ2v) is 6.92. The third kappa shape index (κ3) is 3.74. The number of amides is 1. The van der Waals surface area contributed by atoms with E-state index in [2.05, 4.69) is 25.6 Å². The summed E-state index contributed by atoms with van der Waals surface area (Å²) in [6, 6.07) is 22.2. The number of nitrogens with zero attached hydrogens (tertiary/aromatic N) is 4. The molecule has 152 valence electrons. The molecule has 0 bridgehead atoms. The second-order valence-electron chi connectivity index (χ2n) is 6.92. The Balaban J connectivity index is 1.49. The van der Waals surface area contributed by atoms with Gasteiger partial charge in [-0.05, 0) is 43.3 Å². The van der Waals surface area contributed by atoms with Crippen LogP contribution in [0.5, 0.6) is 0 Å². The van der Waals surface area contributed by atoms with Gasteiger partial charge < -0.3 is 9.73 Å². The number of hydrogen-bond acceptors (Lipinski definition) is 5. The van der Waals surface area contributed by atoms with Gasteiger partial charge >= 0.3 is 0 Å². The average molecular weight is 410 g/mol. The van der Waals surface area contributed by atoms with Crippen LogP contribution in [0.1, 0.15) is 16.3 Å². The highest BCUT2D eigenvalue weighted by molar-refractivity contribution is 6.04. The Morgan fingerprint density at radius 2 is 1.90 bits per heavy atom. The average Bonchev–Trinajstić information content (AvgIpc) is 3.55. The van der Waals surface area contributed by atoms with Gasteiger partial charge in [-0.3, -0.25) is 9.89 Å². The molecule has 0 saturated carbocycles. The molecule has 0 spiro atoms. The first-order valence-corrected chi connectivity index (χ1v) is 9.67. The molecular weight excluding hydrogens is 392 g/mol. The molecule has 0 aliphatic carbocycles. The number of anilines is 1. The fourth-order valence-corrected chi connectivity index (χ4v) is 3.26. The van der Waals surface area contributed by atoms with Crippen molar-refractivity contribution in [2.45, 2.75) is 6.92 Å². The summed E-state index contributed by atoms with van der Waals surface area (Å²) in [6.07, 6.45) is 1.58. The Morgan fingerprint density at radius 3 is 2.65 bits per heavy atom. The van der Waals surface area contributed by atoms with Gasteiger partial charge in [0.2, 0.25) is 0 Å². The van der Waals surface area contributed by atoms with Gasteiger partial charge in [0.1, 0.15) is 17.2 Å². The summed E-state index contributed by atoms with van der Waals surface area (Å²) < 4.78 is 7.07. The van der Waals surface area contributed by atoms with Crippen molar-refractivity contribution in [1.82, 2.24) is 25.0 Å². The molecule has 31 heavy (non-hydrogen) atoms. The van der Waals surface area contributed by atoms with Crippen LogP contribution < -0.4 is 5.32 Å². The molecule has 1 amide bonds. The molecule has 5 rings (SSSR count). The Hall–Kier alpha value is -4.46. The van der Waals surface area contributed by atoms with Crippen LogP contribution in [0.15, 0.2) is 83.5 Å². The number of hydrogen-bond donors (Lipinski definition) is 2. The molecular formula is C23H18N6O2. The molecule has 2 N–H and O–H groups in total. The largest absolute Gasteiger partial charge is 0.463 e. The van der Waals surface area contributed by atoms with Crippen LogP contribution in [-0.2, 0) is 0 Å². The molecule has 0 radical (unpaired) electrons. The zero-order valence-electron chi connectivity index (χ0n) is 16.6. The maximum absolute atomic E-state index is 13.2. The van der Waals surface area contributed by atoms with E-state index in [1.807, 2.05) is 67.6 Å². The molecule has 5 aromatic rings. The molecule has 2 aromatic carbocycles. The fourth-order valence-electron chi connectivity index (χ4n) is 3.26. The molecule has 8 heteroatoms. The lowest BCUT2D eigenvalue weighted by atomic mass is 10.2. The van der Waals surface area contributed by atoms with Crippen LogP contribution >= 0.6 is 0 Å². The molecule has 0 fully saturated rings. The maximum Gasteiger partial charge on any atom is 0.274 e. The molecule has 8 nitrogen and oxygen atoms in total. The van der Waals surface area contributed by atoms with Gasteiger partial charge in [-0.1, -0.05) is 30.3 Å². The quantitative estimate of drug-likeness (QED) is 0.445. The summed E-state index contributed by atoms with van der Waals surface area (Å²) in [6.45, 7) is 1.84. The highest BCUT2D eigenvalue weighted by Gasteiger charge is 2.19. The van der Waals surface area contributed by atoms with Gasteiger partial charge in [0.15, 0.2) is 11.6 Å². The van der Waals surface area contributed by atoms with Gasteiger partial charge in [-0.25, -0.2) is 9.67 Å². The van der Waals surface area contributed by atoms with E-state index in [-0.39, 0.29) is 5.91 Å². The van der Waals surface area contributed by atoms with E-state index >= 15 is 0 Å². The van der Waals surface area contributed by atoms with Gasteiger partial charge in [0.05, 0.1) is 12.0 Å². The summed E-state index contributed by atoms with van der Waals surface area (Å²) in [5.74, 6) is 1.59. The highest BCUT2D eigenvalue weighted by atomic mass is 16.3. The number of furan rings is 1. The zero-order chi connectivity index (χ0) is 21.2. The van der Waals surface area contributed by atoms with E-state index in [0.29, 0.717) is 28.7 Å². The van der Waals surface area contributed by atoms with Crippen molar-refractivity contribution >= 4 is 11.6 Å². The predicted octanol–water partition coefficient (Wildman–Crippen LogP) is 4.48. The third-order valence-corrected chi connectivity index (χ3v) is 4.69. The minimum atomic E-state index is -0.294. The van der Waals surface area contributed by atoms with Crippen LogP contribution in [-0.4, -0.2) is 30.9 Å². The van der Waals surface area contributed by atoms with Crippen molar-refractivity contribution < 1.29 is 9.21 Å². The van der Waals surface area contributed by atoms with Crippen LogP contribution in [0.2, 0.25) is 0 Å². The molecule has 0 aliphatic heterocycles. The number of rotatable bonds is 5. The lowest BCUT2D eigenvalue weighted by Gasteiger charge is -2.09. The van der Waals surface area contributed by atoms with E-state index in [9.17, 15) is 4.79 Å². The number of aryl methyl sites for hydroxylation is 1. The highest BCUT2D eigenvalue weighted by Crippen LogP contribution is 2.24. The number of H-pyrrole nitrogens is 1. The van der Waals surface area contributed by atoms with Crippen molar-refractivity contribution in [3.8, 4) is 28.5 Å². The smallest absolute Gasteiger partial charge is 0.274 e. The molecule has 3 heterocycles. The number of benzene rings is 2. The summed E-state index contributed by atoms with van der Waals surface area (Å²) in [5.41, 5.74) is 3.16. The number of nitrogens with one attached hydrogen (secondary N) is 2. The number of carbonyl (C=O) groups excluding carboxylic acids is 1. The molecule has 0 unspecified atom stereocenters. The van der Waals surface area contributed by atoms with Gasteiger partial charge in [-0.15, -0.1) is 0 Å². The van der Waals surface area contributed by atoms with Gasteiger partial charge in [0, 0.05) is 17.3 Å². The molecule has 0 atom stereocenters. The fraction of sp³-hybridized carbons (Fsp3) is 0.0435. The number of aromatic amines is 1. The van der Waals surface area contributed by atoms with Crippen molar-refractivity contribution in [3.63, 3.8) is 0 Å². The Morgan fingerprint density at radius 1 is 1.03 bits per heavy atom. The van der Waals surface area contributed by atoms with Crippen LogP contribution in [0.3, 0.4) is 0 Å². The first kappa shape index (κ1) is 18.6. The van der Waals surface area contributed by atoms with E-state index in [4.69, 9.17) is 4.42 Å². The SMILES string of the molecule is Cc1nc(-c2cccc(NC(=O)c3cc(-c4ccco4)nn3-c3ccccc3)c2)n[nH]1. The van der Waals surface area contributed by atoms with Crippen molar-refractivity contribution in [2.75, 3.05) is 5.32 Å². The minimum Gasteiger partial charge on any atom is -0.463 e. The van der Waals surface area contributed by atoms with E-state index in [1.165, 1.54) is 0 Å². The van der Waals surface area contributed by atoms with Crippen LogP contribution in [0.25, 0.3) is 28.5 Å². The van der Waals surface area contributed by atoms with Gasteiger partial charge in [-0.2, -0.15) is 10.2 Å². The predicted molar refractivity (Wildman–Crippen MR) is 116 cm³/mol. The van der Waals surface area contributed by atoms with Crippen LogP contribution in [0.4, 0.5) is 5.69 Å². The van der Waals surface area contributed by atoms with Crippen molar-refractivity contribution in [2.24, 2.45) is 0 Å². The lowest BCUT2D eigenvalue weighted by molar-refractivity contribution is 0.101. The summed E-state index contributed by atoms with van der Waals surface area (Å²) in [4.78, 5) is 17.5. The Bertz CT molecular complexity index is 1340. The molecule has 0 saturated heterocycles. The normalized spacial score (nSPS) is 10.9. The Kier molecular flexibility index (Phi) is 4.64. The zero-order valence-corrected chi connectivity index (χ0v) is 16.6. The van der Waals surface area contributed by atoms with Gasteiger partial charge in [0.25, 0.3) is 5.91 Å². The van der Waals surface area contributed by atoms with E-state index in [0.717, 1.165) is 17.1 Å². The van der Waals surface area contributed by atoms with Crippen LogP contribution in [0, 0.1) is 6.92 Å². The molecule has 3 aromatic heterocycles. The summed E-state index contributed by atoms with van der Waals surface area (Å²) in [5, 5.41) is 14.5. The number of aromatic nitrogens is 5. The number of carbonyl (C=O) groups is 1. The monoisotopic (exact) mass is 410 g/mol. The summed E-state index contributed by atoms with van der Waals surface area (Å²) >= 11 is 0. The molecule has 0 aliphatic rings. The second kappa shape index (κ2) is 7.75. The lowest BCUT2D eigenvalue weighted by Crippen LogP contribution is -2.17. The summed E-state index contributed by atoms with van der Waals surface area (Å²) in [7, 11) is 0. The maximum atomic E-state index is 13.2. The minimum absolute atomic E-state index is 0.294. The first-order valence-electron chi connectivity index (χ1n) is 9.67. The van der Waals surface area contributed by atoms with Crippen molar-refractivity contribution in [1.29, 1.82) is 0 Å². The third-order valence-electron chi connectivity index (χ3n) is 4.69. The van der Waals surface area contributed by atoms with Crippen molar-refractivity contribution in [3.05, 3.63) is 90.6 Å². The number of para-hydroxylation sites is 1. The van der Waals surface area contributed by atoms with E-state index < -0.39 is 0 Å². The topological polar surface area (TPSA) is 102 Å². The Labute approximate surface area is 177 Å². The van der Waals surface area contributed by atoms with E-state index in [1.54, 1.807) is 23.1 Å². The first-order chi connectivity index (χ1) is 15.2.